The molecule has 0 bridgehead atoms. The first-order chi connectivity index (χ1) is 14.0. The third kappa shape index (κ3) is 4.41. The van der Waals surface area contributed by atoms with Gasteiger partial charge in [-0.2, -0.15) is 0 Å². The number of ether oxygens (including phenoxy) is 1. The maximum atomic E-state index is 9.85. The maximum absolute atomic E-state index is 9.85. The van der Waals surface area contributed by atoms with Gasteiger partial charge in [-0.3, -0.25) is 0 Å². The third-order valence-electron chi connectivity index (χ3n) is 5.83. The minimum absolute atomic E-state index is 0.301. The molecule has 2 fully saturated rings. The van der Waals surface area contributed by atoms with Crippen LogP contribution in [0.15, 0.2) is 18.2 Å². The average molecular weight is 396 g/mol. The number of hydrogen-bond donors (Lipinski definition) is 3. The molecule has 0 aliphatic carbocycles. The average Bonchev–Trinajstić information content (AvgIpc) is 3.15. The van der Waals surface area contributed by atoms with Crippen LogP contribution in [0.5, 0.6) is 0 Å². The monoisotopic (exact) mass is 395 g/mol. The molecule has 4 rings (SSSR count). The molecular weight excluding hydrogens is 366 g/mol. The molecule has 1 aromatic heterocycles. The molecule has 3 heterocycles. The molecule has 1 atom stereocenters. The molecule has 0 unspecified atom stereocenters. The number of anilines is 3. The second-order valence-corrected chi connectivity index (χ2v) is 8.00. The first kappa shape index (κ1) is 19.8. The minimum Gasteiger partial charge on any atom is -0.391 e. The second kappa shape index (κ2) is 8.47. The van der Waals surface area contributed by atoms with Gasteiger partial charge < -0.3 is 25.5 Å². The number of nitrogens with one attached hydrogen (secondary N) is 2. The molecule has 29 heavy (non-hydrogen) atoms. The van der Waals surface area contributed by atoms with Gasteiger partial charge >= 0.3 is 0 Å². The fourth-order valence-corrected chi connectivity index (χ4v) is 4.29. The first-order valence-corrected chi connectivity index (χ1v) is 10.3. The van der Waals surface area contributed by atoms with Gasteiger partial charge in [0.15, 0.2) is 0 Å². The quantitative estimate of drug-likeness (QED) is 0.673. The highest BCUT2D eigenvalue weighted by Crippen LogP contribution is 2.34. The fraction of sp³-hybridized carbons (Fsp3) is 0.500. The van der Waals surface area contributed by atoms with Crippen LogP contribution in [0.25, 0.3) is 0 Å². The molecule has 7 nitrogen and oxygen atoms in total. The lowest BCUT2D eigenvalue weighted by molar-refractivity contribution is 0.0852. The molecule has 2 aromatic rings. The summed E-state index contributed by atoms with van der Waals surface area (Å²) >= 11 is 0. The Kier molecular flexibility index (Phi) is 5.78. The molecule has 2 saturated heterocycles. The van der Waals surface area contributed by atoms with Crippen molar-refractivity contribution >= 4 is 23.5 Å². The van der Waals surface area contributed by atoms with Crippen LogP contribution in [0.2, 0.25) is 0 Å². The van der Waals surface area contributed by atoms with Crippen molar-refractivity contribution in [3.63, 3.8) is 0 Å². The van der Waals surface area contributed by atoms with Crippen LogP contribution in [0.4, 0.5) is 17.3 Å². The van der Waals surface area contributed by atoms with E-state index in [1.807, 2.05) is 13.0 Å². The highest BCUT2D eigenvalue weighted by Gasteiger charge is 2.23. The summed E-state index contributed by atoms with van der Waals surface area (Å²) in [6.45, 7) is 6.99. The minimum atomic E-state index is -0.301. The van der Waals surface area contributed by atoms with Gasteiger partial charge in [0.25, 0.3) is 0 Å². The zero-order chi connectivity index (χ0) is 20.4. The molecule has 0 radical (unpaired) electrons. The molecule has 2 aliphatic rings. The van der Waals surface area contributed by atoms with Crippen molar-refractivity contribution in [2.24, 2.45) is 0 Å². The molecule has 0 spiro atoms. The number of rotatable bonds is 5. The van der Waals surface area contributed by atoms with Crippen LogP contribution in [0, 0.1) is 19.3 Å². The van der Waals surface area contributed by atoms with Crippen molar-refractivity contribution in [2.45, 2.75) is 45.1 Å². The Hall–Kier alpha value is -2.51. The van der Waals surface area contributed by atoms with Gasteiger partial charge in [0.05, 0.1) is 6.10 Å². The van der Waals surface area contributed by atoms with Crippen molar-refractivity contribution in [1.29, 1.82) is 5.41 Å². The van der Waals surface area contributed by atoms with E-state index in [0.29, 0.717) is 24.1 Å². The van der Waals surface area contributed by atoms with E-state index in [-0.39, 0.29) is 6.10 Å². The molecule has 1 aromatic carbocycles. The number of aliphatic hydroxyl groups excluding tert-OH is 1. The van der Waals surface area contributed by atoms with Crippen molar-refractivity contribution < 1.29 is 9.84 Å². The zero-order valence-electron chi connectivity index (χ0n) is 17.1. The summed E-state index contributed by atoms with van der Waals surface area (Å²) < 4.78 is 5.52. The summed E-state index contributed by atoms with van der Waals surface area (Å²) in [5, 5.41) is 21.1. The number of benzene rings is 1. The summed E-state index contributed by atoms with van der Waals surface area (Å²) in [7, 11) is 0. The highest BCUT2D eigenvalue weighted by molar-refractivity contribution is 5.88. The van der Waals surface area contributed by atoms with Crippen LogP contribution in [-0.4, -0.2) is 53.7 Å². The standard InChI is InChI=1S/C22H29N5O2/c1-14-9-17(12-23)20(10-19(14)16-4-7-29-8-5-16)26-21-11-22(25-15(2)24-21)27-6-3-18(28)13-27/h9-12,16,18,23,28H,3-8,13H2,1-2H3,(H,24,25,26)/t18-/m1/s1. The summed E-state index contributed by atoms with van der Waals surface area (Å²) in [6, 6.07) is 6.17. The van der Waals surface area contributed by atoms with E-state index < -0.39 is 0 Å². The van der Waals surface area contributed by atoms with E-state index in [9.17, 15) is 5.11 Å². The Labute approximate surface area is 171 Å². The predicted molar refractivity (Wildman–Crippen MR) is 115 cm³/mol. The van der Waals surface area contributed by atoms with E-state index in [4.69, 9.17) is 10.1 Å². The maximum Gasteiger partial charge on any atom is 0.136 e. The molecule has 7 heteroatoms. The fourth-order valence-electron chi connectivity index (χ4n) is 4.29. The third-order valence-corrected chi connectivity index (χ3v) is 5.83. The predicted octanol–water partition coefficient (Wildman–Crippen LogP) is 3.30. The number of aliphatic hydroxyl groups is 1. The molecule has 154 valence electrons. The second-order valence-electron chi connectivity index (χ2n) is 8.00. The summed E-state index contributed by atoms with van der Waals surface area (Å²) in [5.74, 6) is 2.70. The van der Waals surface area contributed by atoms with Crippen LogP contribution < -0.4 is 10.2 Å². The van der Waals surface area contributed by atoms with Crippen molar-refractivity contribution in [2.75, 3.05) is 36.5 Å². The number of aryl methyl sites for hydroxylation is 2. The zero-order valence-corrected chi connectivity index (χ0v) is 17.1. The van der Waals surface area contributed by atoms with E-state index in [1.165, 1.54) is 17.3 Å². The van der Waals surface area contributed by atoms with E-state index in [2.05, 4.69) is 39.2 Å². The number of β-amino-alcohol motifs (C(OH)–C–C–N with tert-alkyl or cyclic N) is 1. The Morgan fingerprint density at radius 3 is 2.66 bits per heavy atom. The van der Waals surface area contributed by atoms with E-state index >= 15 is 0 Å². The summed E-state index contributed by atoms with van der Waals surface area (Å²) in [4.78, 5) is 11.2. The number of aromatic nitrogens is 2. The Morgan fingerprint density at radius 2 is 1.97 bits per heavy atom. The Morgan fingerprint density at radius 1 is 1.17 bits per heavy atom. The van der Waals surface area contributed by atoms with Crippen LogP contribution in [0.1, 0.15) is 47.7 Å². The Bertz CT molecular complexity index is 895. The lowest BCUT2D eigenvalue weighted by Gasteiger charge is -2.25. The van der Waals surface area contributed by atoms with Gasteiger partial charge in [-0.15, -0.1) is 0 Å². The lowest BCUT2D eigenvalue weighted by Crippen LogP contribution is -2.22. The summed E-state index contributed by atoms with van der Waals surface area (Å²) in [6.07, 6.45) is 3.90. The van der Waals surface area contributed by atoms with Crippen LogP contribution >= 0.6 is 0 Å². The van der Waals surface area contributed by atoms with Gasteiger partial charge in [-0.25, -0.2) is 9.97 Å². The number of hydrogen-bond acceptors (Lipinski definition) is 7. The molecule has 3 N–H and O–H groups in total. The van der Waals surface area contributed by atoms with Gasteiger partial charge in [0.1, 0.15) is 17.5 Å². The smallest absolute Gasteiger partial charge is 0.136 e. The molecule has 0 amide bonds. The van der Waals surface area contributed by atoms with Crippen molar-refractivity contribution in [3.05, 3.63) is 40.7 Å². The molecule has 0 saturated carbocycles. The van der Waals surface area contributed by atoms with Crippen molar-refractivity contribution in [1.82, 2.24) is 9.97 Å². The number of nitrogens with zero attached hydrogens (tertiary/aromatic N) is 3. The SMILES string of the molecule is Cc1nc(Nc2cc(C3CCOCC3)c(C)cc2C=N)cc(N2CC[C@@H](O)C2)n1. The van der Waals surface area contributed by atoms with Crippen molar-refractivity contribution in [3.8, 4) is 0 Å². The van der Waals surface area contributed by atoms with Crippen LogP contribution in [0.3, 0.4) is 0 Å². The van der Waals surface area contributed by atoms with E-state index in [0.717, 1.165) is 56.1 Å². The topological polar surface area (TPSA) is 94.4 Å². The van der Waals surface area contributed by atoms with E-state index in [1.54, 1.807) is 0 Å². The van der Waals surface area contributed by atoms with Crippen LogP contribution in [-0.2, 0) is 4.74 Å². The normalized spacial score (nSPS) is 20.1. The van der Waals surface area contributed by atoms with Gasteiger partial charge in [0.2, 0.25) is 0 Å². The molecular formula is C22H29N5O2. The molecule has 2 aliphatic heterocycles. The first-order valence-electron chi connectivity index (χ1n) is 10.3. The Balaban J connectivity index is 1.64. The lowest BCUT2D eigenvalue weighted by atomic mass is 9.87. The van der Waals surface area contributed by atoms with Gasteiger partial charge in [-0.1, -0.05) is 0 Å². The largest absolute Gasteiger partial charge is 0.391 e. The van der Waals surface area contributed by atoms with Gasteiger partial charge in [0, 0.05) is 49.8 Å². The van der Waals surface area contributed by atoms with Gasteiger partial charge in [-0.05, 0) is 62.3 Å². The summed E-state index contributed by atoms with van der Waals surface area (Å²) in [5.41, 5.74) is 4.26. The highest BCUT2D eigenvalue weighted by atomic mass is 16.5.